The molecule has 2 aromatic rings. The fraction of sp³-hybridized carbons (Fsp3) is 0.455. The van der Waals surface area contributed by atoms with Crippen LogP contribution in [0.15, 0.2) is 18.6 Å². The molecule has 0 atom stereocenters. The first kappa shape index (κ1) is 10.1. The van der Waals surface area contributed by atoms with Crippen LogP contribution in [0, 0.1) is 0 Å². The van der Waals surface area contributed by atoms with E-state index in [2.05, 4.69) is 23.8 Å². The molecule has 0 aliphatic rings. The van der Waals surface area contributed by atoms with Gasteiger partial charge in [0.25, 0.3) is 0 Å². The van der Waals surface area contributed by atoms with Crippen LogP contribution in [-0.4, -0.2) is 20.9 Å². The highest BCUT2D eigenvalue weighted by molar-refractivity contribution is 5.32. The molecule has 0 saturated carbocycles. The van der Waals surface area contributed by atoms with Crippen molar-refractivity contribution in [1.29, 1.82) is 0 Å². The lowest BCUT2D eigenvalue weighted by Crippen LogP contribution is -2.04. The highest BCUT2D eigenvalue weighted by atomic mass is 15.1. The Labute approximate surface area is 89.2 Å². The van der Waals surface area contributed by atoms with E-state index in [0.717, 1.165) is 23.5 Å². The maximum Gasteiger partial charge on any atom is 0.233 e. The average Bonchev–Trinajstić information content (AvgIpc) is 2.61. The molecule has 80 valence electrons. The molecule has 0 aromatic carbocycles. The predicted octanol–water partition coefficient (Wildman–Crippen LogP) is 1.35. The van der Waals surface area contributed by atoms with Gasteiger partial charge in [0.2, 0.25) is 5.78 Å². The zero-order valence-corrected chi connectivity index (χ0v) is 9.14. The summed E-state index contributed by atoms with van der Waals surface area (Å²) in [6.07, 6.45) is 6.79. The molecule has 4 nitrogen and oxygen atoms in total. The highest BCUT2D eigenvalue weighted by Crippen LogP contribution is 2.13. The number of imidazole rings is 1. The van der Waals surface area contributed by atoms with Crippen LogP contribution in [-0.2, 0) is 6.42 Å². The van der Waals surface area contributed by atoms with E-state index >= 15 is 0 Å². The molecule has 0 aliphatic carbocycles. The SMILES string of the molecule is CC(C)c1cn2cc(CCN)cnc2n1. The second kappa shape index (κ2) is 3.98. The Morgan fingerprint density at radius 3 is 2.87 bits per heavy atom. The molecule has 0 amide bonds. The maximum atomic E-state index is 5.51. The molecule has 2 N–H and O–H groups in total. The van der Waals surface area contributed by atoms with Crippen LogP contribution in [0.1, 0.15) is 31.0 Å². The Balaban J connectivity index is 2.43. The van der Waals surface area contributed by atoms with Gasteiger partial charge in [0.05, 0.1) is 5.69 Å². The van der Waals surface area contributed by atoms with Crippen LogP contribution < -0.4 is 5.73 Å². The summed E-state index contributed by atoms with van der Waals surface area (Å²) in [6.45, 7) is 4.91. The molecule has 0 saturated heterocycles. The van der Waals surface area contributed by atoms with Crippen molar-refractivity contribution in [3.8, 4) is 0 Å². The number of hydrogen-bond acceptors (Lipinski definition) is 3. The lowest BCUT2D eigenvalue weighted by Gasteiger charge is -1.98. The molecule has 2 rings (SSSR count). The fourth-order valence-electron chi connectivity index (χ4n) is 1.52. The van der Waals surface area contributed by atoms with E-state index in [1.165, 1.54) is 0 Å². The highest BCUT2D eigenvalue weighted by Gasteiger charge is 2.06. The zero-order valence-electron chi connectivity index (χ0n) is 9.14. The Morgan fingerprint density at radius 2 is 2.20 bits per heavy atom. The average molecular weight is 204 g/mol. The van der Waals surface area contributed by atoms with Crippen LogP contribution in [0.3, 0.4) is 0 Å². The lowest BCUT2D eigenvalue weighted by atomic mass is 10.2. The molecule has 2 heterocycles. The smallest absolute Gasteiger partial charge is 0.233 e. The topological polar surface area (TPSA) is 56.2 Å². The van der Waals surface area contributed by atoms with Gasteiger partial charge in [-0.1, -0.05) is 13.8 Å². The third-order valence-electron chi connectivity index (χ3n) is 2.41. The number of fused-ring (bicyclic) bond motifs is 1. The van der Waals surface area contributed by atoms with Crippen molar-refractivity contribution < 1.29 is 0 Å². The van der Waals surface area contributed by atoms with E-state index in [9.17, 15) is 0 Å². The van der Waals surface area contributed by atoms with Crippen LogP contribution >= 0.6 is 0 Å². The monoisotopic (exact) mass is 204 g/mol. The van der Waals surface area contributed by atoms with Crippen molar-refractivity contribution in [3.63, 3.8) is 0 Å². The van der Waals surface area contributed by atoms with Gasteiger partial charge in [-0.2, -0.15) is 0 Å². The molecular formula is C11H16N4. The number of nitrogens with zero attached hydrogens (tertiary/aromatic N) is 3. The van der Waals surface area contributed by atoms with Gasteiger partial charge in [0.15, 0.2) is 0 Å². The molecule has 4 heteroatoms. The minimum Gasteiger partial charge on any atom is -0.330 e. The predicted molar refractivity (Wildman–Crippen MR) is 59.8 cm³/mol. The van der Waals surface area contributed by atoms with Crippen LogP contribution in [0.4, 0.5) is 0 Å². The van der Waals surface area contributed by atoms with Crippen molar-refractivity contribution in [1.82, 2.24) is 14.4 Å². The fourth-order valence-corrected chi connectivity index (χ4v) is 1.52. The van der Waals surface area contributed by atoms with Gasteiger partial charge < -0.3 is 5.73 Å². The summed E-state index contributed by atoms with van der Waals surface area (Å²) in [5.74, 6) is 1.20. The van der Waals surface area contributed by atoms with E-state index < -0.39 is 0 Å². The van der Waals surface area contributed by atoms with Gasteiger partial charge in [0, 0.05) is 18.6 Å². The number of hydrogen-bond donors (Lipinski definition) is 1. The van der Waals surface area contributed by atoms with Crippen molar-refractivity contribution in [2.24, 2.45) is 5.73 Å². The van der Waals surface area contributed by atoms with Gasteiger partial charge in [-0.05, 0) is 24.4 Å². The van der Waals surface area contributed by atoms with E-state index in [1.54, 1.807) is 0 Å². The molecule has 0 aliphatic heterocycles. The summed E-state index contributed by atoms with van der Waals surface area (Å²) in [7, 11) is 0. The van der Waals surface area contributed by atoms with Crippen molar-refractivity contribution in [3.05, 3.63) is 29.8 Å². The van der Waals surface area contributed by atoms with Gasteiger partial charge in [-0.3, -0.25) is 4.40 Å². The molecule has 0 spiro atoms. The third kappa shape index (κ3) is 1.99. The number of nitrogens with two attached hydrogens (primary N) is 1. The zero-order chi connectivity index (χ0) is 10.8. The molecule has 0 bridgehead atoms. The molecular weight excluding hydrogens is 188 g/mol. The maximum absolute atomic E-state index is 5.51. The Kier molecular flexibility index (Phi) is 2.68. The molecule has 15 heavy (non-hydrogen) atoms. The molecule has 2 aromatic heterocycles. The van der Waals surface area contributed by atoms with Crippen molar-refractivity contribution in [2.75, 3.05) is 6.54 Å². The Bertz CT molecular complexity index is 459. The molecule has 0 unspecified atom stereocenters. The van der Waals surface area contributed by atoms with Crippen molar-refractivity contribution in [2.45, 2.75) is 26.2 Å². The van der Waals surface area contributed by atoms with Crippen LogP contribution in [0.5, 0.6) is 0 Å². The van der Waals surface area contributed by atoms with E-state index in [-0.39, 0.29) is 0 Å². The largest absolute Gasteiger partial charge is 0.330 e. The molecule has 0 radical (unpaired) electrons. The second-order valence-corrected chi connectivity index (χ2v) is 4.03. The minimum absolute atomic E-state index is 0.435. The van der Waals surface area contributed by atoms with Crippen LogP contribution in [0.2, 0.25) is 0 Å². The van der Waals surface area contributed by atoms with E-state index in [0.29, 0.717) is 12.5 Å². The summed E-state index contributed by atoms with van der Waals surface area (Å²) in [5.41, 5.74) is 7.73. The van der Waals surface area contributed by atoms with E-state index in [4.69, 9.17) is 5.73 Å². The first-order valence-electron chi connectivity index (χ1n) is 5.24. The Morgan fingerprint density at radius 1 is 1.40 bits per heavy atom. The lowest BCUT2D eigenvalue weighted by molar-refractivity contribution is 0.833. The normalized spacial score (nSPS) is 11.5. The van der Waals surface area contributed by atoms with Gasteiger partial charge >= 0.3 is 0 Å². The summed E-state index contributed by atoms with van der Waals surface area (Å²) >= 11 is 0. The quantitative estimate of drug-likeness (QED) is 0.821. The second-order valence-electron chi connectivity index (χ2n) is 4.03. The Hall–Kier alpha value is -1.42. The van der Waals surface area contributed by atoms with Crippen LogP contribution in [0.25, 0.3) is 5.78 Å². The standard InChI is InChI=1S/C11H16N4/c1-8(2)10-7-15-6-9(3-4-12)5-13-11(15)14-10/h5-8H,3-4,12H2,1-2H3. The first-order chi connectivity index (χ1) is 7.20. The van der Waals surface area contributed by atoms with Crippen molar-refractivity contribution >= 4 is 5.78 Å². The van der Waals surface area contributed by atoms with Gasteiger partial charge in [0.1, 0.15) is 0 Å². The third-order valence-corrected chi connectivity index (χ3v) is 2.41. The summed E-state index contributed by atoms with van der Waals surface area (Å²) in [4.78, 5) is 8.73. The number of aromatic nitrogens is 3. The minimum atomic E-state index is 0.435. The van der Waals surface area contributed by atoms with E-state index in [1.807, 2.05) is 23.0 Å². The first-order valence-corrected chi connectivity index (χ1v) is 5.24. The molecule has 0 fully saturated rings. The number of rotatable bonds is 3. The van der Waals surface area contributed by atoms with Gasteiger partial charge in [-0.25, -0.2) is 9.97 Å². The summed E-state index contributed by atoms with van der Waals surface area (Å²) in [6, 6.07) is 0. The summed E-state index contributed by atoms with van der Waals surface area (Å²) in [5, 5.41) is 0. The van der Waals surface area contributed by atoms with Gasteiger partial charge in [-0.15, -0.1) is 0 Å². The summed E-state index contributed by atoms with van der Waals surface area (Å²) < 4.78 is 1.97.